The highest BCUT2D eigenvalue weighted by Crippen LogP contribution is 2.47. The second kappa shape index (κ2) is 16.0. The van der Waals surface area contributed by atoms with Crippen LogP contribution in [-0.4, -0.2) is 63.7 Å². The molecule has 0 saturated carbocycles. The fraction of sp³-hybridized carbons (Fsp3) is 0.211. The van der Waals surface area contributed by atoms with Crippen LogP contribution in [0.3, 0.4) is 0 Å². The number of halogens is 6. The summed E-state index contributed by atoms with van der Waals surface area (Å²) in [6.07, 6.45) is -11.8. The molecule has 304 valence electrons. The van der Waals surface area contributed by atoms with Gasteiger partial charge in [0.1, 0.15) is 0 Å². The highest BCUT2D eigenvalue weighted by atomic mass is 19.4. The molecule has 2 heterocycles. The smallest absolute Gasteiger partial charge is 0.422 e. The summed E-state index contributed by atoms with van der Waals surface area (Å²) < 4.78 is 84.8. The Bertz CT molecular complexity index is 2330. The zero-order chi connectivity index (χ0) is 42.8. The van der Waals surface area contributed by atoms with Crippen molar-refractivity contribution in [1.29, 1.82) is 0 Å². The molecule has 6 aromatic rings. The number of hydrogen-bond donors (Lipinski definition) is 4. The first-order chi connectivity index (χ1) is 27.1. The summed E-state index contributed by atoms with van der Waals surface area (Å²) in [5, 5.41) is 60.7. The van der Waals surface area contributed by atoms with Gasteiger partial charge in [-0.05, 0) is 23.3 Å². The van der Waals surface area contributed by atoms with Crippen molar-refractivity contribution in [2.45, 2.75) is 49.5 Å². The molecule has 0 bridgehead atoms. The van der Waals surface area contributed by atoms with Gasteiger partial charge >= 0.3 is 24.3 Å². The Morgan fingerprint density at radius 1 is 0.569 bits per heavy atom. The predicted octanol–water partition coefficient (Wildman–Crippen LogP) is 7.64. The number of fused-ring (bicyclic) bond motifs is 2. The monoisotopic (exact) mass is 816 g/mol. The lowest BCUT2D eigenvalue weighted by Crippen LogP contribution is -2.44. The maximum absolute atomic E-state index is 13.7. The van der Waals surface area contributed by atoms with E-state index in [-0.39, 0.29) is 46.3 Å². The highest BCUT2D eigenvalue weighted by molar-refractivity contribution is 5.89. The number of non-ortho nitro benzene ring substituents is 2. The van der Waals surface area contributed by atoms with E-state index in [1.165, 1.54) is 9.13 Å². The molecule has 0 aliphatic heterocycles. The third kappa shape index (κ3) is 8.61. The topological polar surface area (TPSA) is 211 Å². The van der Waals surface area contributed by atoms with E-state index < -0.39 is 69.3 Å². The van der Waals surface area contributed by atoms with Crippen LogP contribution >= 0.6 is 0 Å². The van der Waals surface area contributed by atoms with Gasteiger partial charge in [0, 0.05) is 71.6 Å². The van der Waals surface area contributed by atoms with Crippen LogP contribution in [0.15, 0.2) is 109 Å². The lowest BCUT2D eigenvalue weighted by atomic mass is 9.89. The first-order valence-electron chi connectivity index (χ1n) is 16.7. The van der Waals surface area contributed by atoms with E-state index in [0.29, 0.717) is 11.1 Å². The summed E-state index contributed by atoms with van der Waals surface area (Å²) in [6, 6.07) is 23.7. The standard InChI is InChI=1S/2C19H15F3N2O5/c2*20-19(21,22)18(27,9-17(25)26)15-11-23(10-12-4-2-1-3-5-12)16-8-13(24(28)29)6-7-14(15)16/h2*1-8,11,27H,9-10H2,(H,25,26). The first-order valence-corrected chi connectivity index (χ1v) is 16.7. The van der Waals surface area contributed by atoms with Crippen LogP contribution < -0.4 is 0 Å². The Labute approximate surface area is 321 Å². The van der Waals surface area contributed by atoms with Crippen molar-refractivity contribution in [2.24, 2.45) is 0 Å². The van der Waals surface area contributed by atoms with Crippen LogP contribution in [0, 0.1) is 20.2 Å². The van der Waals surface area contributed by atoms with Crippen LogP contribution in [-0.2, 0) is 33.9 Å². The van der Waals surface area contributed by atoms with Gasteiger partial charge in [0.2, 0.25) is 0 Å². The van der Waals surface area contributed by atoms with Gasteiger partial charge in [0.15, 0.2) is 11.2 Å². The molecular weight excluding hydrogens is 786 g/mol. The van der Waals surface area contributed by atoms with Gasteiger partial charge in [-0.3, -0.25) is 29.8 Å². The fourth-order valence-electron chi connectivity index (χ4n) is 6.40. The van der Waals surface area contributed by atoms with Gasteiger partial charge in [0.05, 0.1) is 33.7 Å². The minimum Gasteiger partial charge on any atom is -0.481 e. The predicted molar refractivity (Wildman–Crippen MR) is 193 cm³/mol. The molecule has 58 heavy (non-hydrogen) atoms. The second-order valence-electron chi connectivity index (χ2n) is 13.1. The van der Waals surface area contributed by atoms with E-state index in [9.17, 15) is 66.4 Å². The highest BCUT2D eigenvalue weighted by Gasteiger charge is 2.58. The molecule has 0 saturated heterocycles. The van der Waals surface area contributed by atoms with Crippen molar-refractivity contribution < 1.29 is 66.2 Å². The number of carboxylic acids is 2. The number of aliphatic hydroxyl groups is 2. The molecule has 0 amide bonds. The lowest BCUT2D eigenvalue weighted by Gasteiger charge is -2.28. The van der Waals surface area contributed by atoms with Crippen molar-refractivity contribution in [3.63, 3.8) is 0 Å². The third-order valence-corrected chi connectivity index (χ3v) is 9.19. The Hall–Kier alpha value is -6.80. The number of nitro benzene ring substituents is 2. The number of rotatable bonds is 12. The number of hydrogen-bond acceptors (Lipinski definition) is 8. The summed E-state index contributed by atoms with van der Waals surface area (Å²) in [7, 11) is 0. The SMILES string of the molecule is O=C(O)CC(O)(c1cn(Cc2ccccc2)c2cc([N+](=O)[O-])ccc12)C(F)(F)F.O=C(O)CC(O)(c1cn(Cc2ccccc2)c2cc([N+](=O)[O-])ccc12)C(F)(F)F. The Morgan fingerprint density at radius 2 is 0.897 bits per heavy atom. The molecule has 0 aliphatic carbocycles. The molecule has 0 aliphatic rings. The number of nitrogens with zero attached hydrogens (tertiary/aromatic N) is 4. The zero-order valence-electron chi connectivity index (χ0n) is 29.5. The summed E-state index contributed by atoms with van der Waals surface area (Å²) >= 11 is 0. The fourth-order valence-corrected chi connectivity index (χ4v) is 6.40. The third-order valence-electron chi connectivity index (χ3n) is 9.19. The van der Waals surface area contributed by atoms with E-state index in [1.807, 2.05) is 0 Å². The average Bonchev–Trinajstić information content (AvgIpc) is 3.69. The lowest BCUT2D eigenvalue weighted by molar-refractivity contribution is -0.384. The van der Waals surface area contributed by atoms with Crippen LogP contribution in [0.2, 0.25) is 0 Å². The first kappa shape index (κ1) is 42.3. The zero-order valence-corrected chi connectivity index (χ0v) is 29.5. The van der Waals surface area contributed by atoms with E-state index in [0.717, 1.165) is 48.8 Å². The van der Waals surface area contributed by atoms with E-state index >= 15 is 0 Å². The van der Waals surface area contributed by atoms with Gasteiger partial charge < -0.3 is 29.6 Å². The molecular formula is C38H30F6N4O10. The van der Waals surface area contributed by atoms with Gasteiger partial charge in [-0.2, -0.15) is 26.3 Å². The van der Waals surface area contributed by atoms with E-state index in [1.54, 1.807) is 60.7 Å². The maximum Gasteiger partial charge on any atom is 0.422 e. The number of nitro groups is 2. The molecule has 14 nitrogen and oxygen atoms in total. The molecule has 0 spiro atoms. The Balaban J connectivity index is 0.000000221. The van der Waals surface area contributed by atoms with Gasteiger partial charge in [-0.15, -0.1) is 0 Å². The number of aromatic nitrogens is 2. The minimum absolute atomic E-state index is 0.0690. The molecule has 0 radical (unpaired) electrons. The summed E-state index contributed by atoms with van der Waals surface area (Å²) in [4.78, 5) is 43.0. The van der Waals surface area contributed by atoms with Crippen LogP contribution in [0.25, 0.3) is 21.8 Å². The van der Waals surface area contributed by atoms with Crippen molar-refractivity contribution in [1.82, 2.24) is 9.13 Å². The summed E-state index contributed by atoms with van der Waals surface area (Å²) in [5.74, 6) is -3.67. The Kier molecular flexibility index (Phi) is 11.7. The van der Waals surface area contributed by atoms with E-state index in [2.05, 4.69) is 0 Å². The molecule has 2 atom stereocenters. The molecule has 20 heteroatoms. The quantitative estimate of drug-likeness (QED) is 0.0538. The molecule has 4 N–H and O–H groups in total. The summed E-state index contributed by atoms with van der Waals surface area (Å²) in [5.41, 5.74) is -7.79. The molecule has 2 aromatic heterocycles. The van der Waals surface area contributed by atoms with Crippen molar-refractivity contribution >= 4 is 45.1 Å². The van der Waals surface area contributed by atoms with Gasteiger partial charge in [0.25, 0.3) is 11.4 Å². The van der Waals surface area contributed by atoms with Crippen LogP contribution in [0.5, 0.6) is 0 Å². The van der Waals surface area contributed by atoms with Crippen LogP contribution in [0.1, 0.15) is 35.1 Å². The van der Waals surface area contributed by atoms with Gasteiger partial charge in [-0.25, -0.2) is 0 Å². The number of aliphatic carboxylic acids is 2. The molecule has 2 unspecified atom stereocenters. The maximum atomic E-state index is 13.7. The number of carbonyl (C=O) groups is 2. The average molecular weight is 817 g/mol. The van der Waals surface area contributed by atoms with Crippen molar-refractivity contribution in [3.8, 4) is 0 Å². The number of benzene rings is 4. The Morgan fingerprint density at radius 3 is 1.17 bits per heavy atom. The molecule has 4 aromatic carbocycles. The van der Waals surface area contributed by atoms with Crippen molar-refractivity contribution in [3.05, 3.63) is 152 Å². The summed E-state index contributed by atoms with van der Waals surface area (Å²) in [6.45, 7) is 0.138. The minimum atomic E-state index is -5.28. The number of carboxylic acid groups (broad SMARTS) is 2. The largest absolute Gasteiger partial charge is 0.481 e. The van der Waals surface area contributed by atoms with Crippen LogP contribution in [0.4, 0.5) is 37.7 Å². The number of alkyl halides is 6. The van der Waals surface area contributed by atoms with E-state index in [4.69, 9.17) is 10.2 Å². The molecule has 0 fully saturated rings. The second-order valence-corrected chi connectivity index (χ2v) is 13.1. The normalized spacial score (nSPS) is 13.9. The van der Waals surface area contributed by atoms with Gasteiger partial charge in [-0.1, -0.05) is 60.7 Å². The molecule has 6 rings (SSSR count). The van der Waals surface area contributed by atoms with Crippen molar-refractivity contribution in [2.75, 3.05) is 0 Å².